The summed E-state index contributed by atoms with van der Waals surface area (Å²) in [7, 11) is 0. The molecule has 496 valence electrons. The Morgan fingerprint density at radius 3 is 1.07 bits per heavy atom. The molecule has 4 atom stereocenters. The van der Waals surface area contributed by atoms with Gasteiger partial charge in [-0.1, -0.05) is 343 Å². The molecule has 0 aromatic heterocycles. The minimum Gasteiger partial charge on any atom is -0.373 e. The van der Waals surface area contributed by atoms with E-state index >= 15 is 0 Å². The molecule has 0 heterocycles. The van der Waals surface area contributed by atoms with Crippen LogP contribution in [0.5, 0.6) is 0 Å². The molecule has 0 aliphatic heterocycles. The maximum absolute atomic E-state index is 6.09. The lowest BCUT2D eigenvalue weighted by Gasteiger charge is -2.33. The lowest BCUT2D eigenvalue weighted by molar-refractivity contribution is -0.0927. The van der Waals surface area contributed by atoms with Gasteiger partial charge in [-0.2, -0.15) is 0 Å². The Hall–Kier alpha value is -4.24. The van der Waals surface area contributed by atoms with Gasteiger partial charge in [0.15, 0.2) is 0 Å². The number of benzene rings is 5. The summed E-state index contributed by atoms with van der Waals surface area (Å²) in [6, 6.07) is 52.9. The van der Waals surface area contributed by atoms with Crippen LogP contribution in [0.3, 0.4) is 0 Å². The molecular weight excluding hydrogens is 1050 g/mol. The Labute approximate surface area is 544 Å². The summed E-state index contributed by atoms with van der Waals surface area (Å²) in [5.41, 5.74) is 7.40. The van der Waals surface area contributed by atoms with Gasteiger partial charge in [-0.05, 0) is 171 Å². The molecule has 5 aromatic carbocycles. The molecule has 4 unspecified atom stereocenters. The third kappa shape index (κ3) is 47.4. The van der Waals surface area contributed by atoms with E-state index in [-0.39, 0.29) is 17.3 Å². The molecule has 0 saturated heterocycles. The van der Waals surface area contributed by atoms with Gasteiger partial charge in [0.05, 0.1) is 23.4 Å². The molecular formula is C85H144O2. The minimum absolute atomic E-state index is 0.0220. The SMILES string of the molecule is CC(C)/C=C/c1ccccc1.CC(C)C(C)(C)C.CC(C)C(C)C.CC(C)C(C)c1ccccc1.CC(C)C1CC1c1ccccc1.CC(C)Cc1ccccc1.CC(C)OC(C)(C)C(C)C.CC(OC(C)(C)C(C)C)c1ccccc1.CCC(C)C. The molecule has 6 rings (SSSR count). The Morgan fingerprint density at radius 1 is 0.425 bits per heavy atom. The molecule has 1 aliphatic carbocycles. The molecule has 5 aromatic rings. The minimum atomic E-state index is -0.0741. The van der Waals surface area contributed by atoms with Crippen LogP contribution >= 0.6 is 0 Å². The van der Waals surface area contributed by atoms with Gasteiger partial charge in [-0.3, -0.25) is 0 Å². The van der Waals surface area contributed by atoms with E-state index < -0.39 is 0 Å². The predicted molar refractivity (Wildman–Crippen MR) is 396 cm³/mol. The number of hydrogen-bond acceptors (Lipinski definition) is 2. The molecule has 0 bridgehead atoms. The molecule has 0 N–H and O–H groups in total. The fourth-order valence-electron chi connectivity index (χ4n) is 7.26. The van der Waals surface area contributed by atoms with E-state index in [0.29, 0.717) is 35.2 Å². The summed E-state index contributed by atoms with van der Waals surface area (Å²) in [4.78, 5) is 0. The van der Waals surface area contributed by atoms with E-state index in [1.54, 1.807) is 0 Å². The lowest BCUT2D eigenvalue weighted by atomic mass is 9.84. The van der Waals surface area contributed by atoms with Crippen molar-refractivity contribution in [2.45, 2.75) is 276 Å². The van der Waals surface area contributed by atoms with Gasteiger partial charge in [0, 0.05) is 0 Å². The zero-order valence-corrected chi connectivity index (χ0v) is 63.2. The summed E-state index contributed by atoms with van der Waals surface area (Å²) in [5.74, 6) is 9.97. The molecule has 0 spiro atoms. The zero-order valence-electron chi connectivity index (χ0n) is 63.2. The van der Waals surface area contributed by atoms with Crippen LogP contribution in [-0.2, 0) is 15.9 Å². The Bertz CT molecular complexity index is 2280. The quantitative estimate of drug-likeness (QED) is 0.0924. The maximum atomic E-state index is 6.09. The van der Waals surface area contributed by atoms with E-state index in [0.717, 1.165) is 53.3 Å². The van der Waals surface area contributed by atoms with Crippen LogP contribution in [-0.4, -0.2) is 17.3 Å². The van der Waals surface area contributed by atoms with Crippen LogP contribution in [0.1, 0.15) is 280 Å². The van der Waals surface area contributed by atoms with Crippen molar-refractivity contribution < 1.29 is 9.47 Å². The average molecular weight is 1200 g/mol. The molecule has 2 nitrogen and oxygen atoms in total. The molecule has 0 radical (unpaired) electrons. The van der Waals surface area contributed by atoms with Gasteiger partial charge in [0.1, 0.15) is 0 Å². The number of rotatable bonds is 17. The van der Waals surface area contributed by atoms with Gasteiger partial charge in [-0.15, -0.1) is 0 Å². The fourth-order valence-corrected chi connectivity index (χ4v) is 7.26. The molecule has 1 aliphatic rings. The summed E-state index contributed by atoms with van der Waals surface area (Å²) in [6.45, 7) is 70.8. The highest BCUT2D eigenvalue weighted by atomic mass is 16.5. The van der Waals surface area contributed by atoms with Crippen LogP contribution in [0.15, 0.2) is 158 Å². The molecule has 87 heavy (non-hydrogen) atoms. The van der Waals surface area contributed by atoms with Crippen molar-refractivity contribution in [3.63, 3.8) is 0 Å². The third-order valence-electron chi connectivity index (χ3n) is 17.2. The molecule has 0 amide bonds. The first-order valence-corrected chi connectivity index (χ1v) is 34.5. The summed E-state index contributed by atoms with van der Waals surface area (Å²) in [6.07, 6.45) is 8.75. The van der Waals surface area contributed by atoms with Gasteiger partial charge >= 0.3 is 0 Å². The Morgan fingerprint density at radius 2 is 0.782 bits per heavy atom. The number of ether oxygens (including phenoxy) is 2. The van der Waals surface area contributed by atoms with Gasteiger partial charge in [0.25, 0.3) is 0 Å². The van der Waals surface area contributed by atoms with Crippen LogP contribution in [0.2, 0.25) is 0 Å². The summed E-state index contributed by atoms with van der Waals surface area (Å²) in [5, 5.41) is 0. The first-order chi connectivity index (χ1) is 40.2. The highest BCUT2D eigenvalue weighted by Crippen LogP contribution is 2.51. The smallest absolute Gasteiger partial charge is 0.0804 e. The van der Waals surface area contributed by atoms with Crippen molar-refractivity contribution in [1.29, 1.82) is 0 Å². The molecule has 1 saturated carbocycles. The van der Waals surface area contributed by atoms with Gasteiger partial charge in [0.2, 0.25) is 0 Å². The predicted octanol–water partition coefficient (Wildman–Crippen LogP) is 27.2. The van der Waals surface area contributed by atoms with Gasteiger partial charge in [-0.25, -0.2) is 0 Å². The Balaban J connectivity index is -0.000000927. The highest BCUT2D eigenvalue weighted by Gasteiger charge is 2.39. The van der Waals surface area contributed by atoms with Gasteiger partial charge < -0.3 is 9.47 Å². The van der Waals surface area contributed by atoms with E-state index in [9.17, 15) is 0 Å². The van der Waals surface area contributed by atoms with E-state index in [4.69, 9.17) is 9.47 Å². The fraction of sp³-hybridized carbons (Fsp3) is 0.624. The number of hydrogen-bond donors (Lipinski definition) is 0. The third-order valence-corrected chi connectivity index (χ3v) is 17.2. The monoisotopic (exact) mass is 1200 g/mol. The summed E-state index contributed by atoms with van der Waals surface area (Å²) >= 11 is 0. The van der Waals surface area contributed by atoms with Crippen molar-refractivity contribution >= 4 is 6.08 Å². The number of allylic oxidation sites excluding steroid dienone is 1. The van der Waals surface area contributed by atoms with Crippen LogP contribution in [0.4, 0.5) is 0 Å². The normalized spacial score (nSPS) is 14.4. The van der Waals surface area contributed by atoms with Crippen molar-refractivity contribution in [3.8, 4) is 0 Å². The lowest BCUT2D eigenvalue weighted by Crippen LogP contribution is -2.33. The van der Waals surface area contributed by atoms with E-state index in [2.05, 4.69) is 373 Å². The molecule has 2 heteroatoms. The van der Waals surface area contributed by atoms with Crippen molar-refractivity contribution in [2.24, 2.45) is 70.5 Å². The largest absolute Gasteiger partial charge is 0.373 e. The topological polar surface area (TPSA) is 18.5 Å². The van der Waals surface area contributed by atoms with Crippen molar-refractivity contribution in [1.82, 2.24) is 0 Å². The van der Waals surface area contributed by atoms with E-state index in [1.807, 2.05) is 12.1 Å². The summed E-state index contributed by atoms with van der Waals surface area (Å²) < 4.78 is 11.8. The molecule has 1 fully saturated rings. The van der Waals surface area contributed by atoms with Crippen molar-refractivity contribution in [2.75, 3.05) is 0 Å². The second-order valence-electron chi connectivity index (χ2n) is 30.4. The van der Waals surface area contributed by atoms with Crippen LogP contribution < -0.4 is 0 Å². The zero-order chi connectivity index (χ0) is 67.7. The van der Waals surface area contributed by atoms with E-state index in [1.165, 1.54) is 47.1 Å². The van der Waals surface area contributed by atoms with Crippen LogP contribution in [0.25, 0.3) is 6.08 Å². The standard InChI is InChI=1S/C14H22O.C12H16.C11H16.C11H14.C10H14.C9H20O.C7H16.C6H14.C5H12/c1-11(2)14(4,5)15-12(3)13-9-7-6-8-10-13;1-9(2)11-8-12(11)10-6-4-3-5-7-10;1-9(2)10(3)11-7-5-4-6-8-11;1-10(2)8-9-11-6-4-3-5-7-11;1-9(2)8-10-6-4-3-5-7-10;1-7(2)9(5,6)10-8(3)4;1-6(2)7(3,4)5;1-5(2)6(3)4;1-4-5(2)3/h6-12H,1-5H3;3-7,9,11-12H,8H2,1-2H3;4-10H,1-3H3;3-10H,1-2H3;3-7,9H,8H2,1-2H3;7-8H,1-6H3;6H,1-5H3;5-6H,1-4H3;5H,4H2,1-3H3/b;;;9-8+;;;;;. The first-order valence-electron chi connectivity index (χ1n) is 34.5. The first kappa shape index (κ1) is 87.0. The highest BCUT2D eigenvalue weighted by molar-refractivity contribution is 5.48. The maximum Gasteiger partial charge on any atom is 0.0804 e. The second kappa shape index (κ2) is 47.7. The van der Waals surface area contributed by atoms with Crippen molar-refractivity contribution in [3.05, 3.63) is 186 Å². The van der Waals surface area contributed by atoms with Crippen LogP contribution in [0, 0.1) is 70.5 Å². The Kier molecular flexibility index (Phi) is 47.7. The average Bonchev–Trinajstić information content (AvgIpc) is 1.99. The second-order valence-corrected chi connectivity index (χ2v) is 30.4.